The molecule has 4 nitrogen and oxygen atoms in total. The van der Waals surface area contributed by atoms with Crippen LogP contribution in [0.15, 0.2) is 24.3 Å². The summed E-state index contributed by atoms with van der Waals surface area (Å²) in [6.45, 7) is 0.495. The van der Waals surface area contributed by atoms with E-state index in [2.05, 4.69) is 0 Å². The summed E-state index contributed by atoms with van der Waals surface area (Å²) in [7, 11) is 2.08. The average molecular weight is 227 g/mol. The average Bonchev–Trinajstić information content (AvgIpc) is 2.32. The monoisotopic (exact) mass is 227 g/mol. The first kappa shape index (κ1) is 12.3. The molecule has 15 heavy (non-hydrogen) atoms. The van der Waals surface area contributed by atoms with Crippen LogP contribution in [0.1, 0.15) is 5.56 Å². The van der Waals surface area contributed by atoms with E-state index in [4.69, 9.17) is 19.0 Å². The zero-order valence-corrected chi connectivity index (χ0v) is 10.3. The first-order valence-electron chi connectivity index (χ1n) is 4.67. The highest BCUT2D eigenvalue weighted by atomic mass is 28.4. The molecular formula is C10H17NO3Si. The van der Waals surface area contributed by atoms with Crippen molar-refractivity contribution in [2.75, 3.05) is 21.3 Å². The number of nitrogens with two attached hydrogens (primary N) is 1. The molecule has 1 aromatic carbocycles. The van der Waals surface area contributed by atoms with Gasteiger partial charge in [-0.05, 0) is 5.56 Å². The van der Waals surface area contributed by atoms with Crippen molar-refractivity contribution in [2.24, 2.45) is 5.73 Å². The van der Waals surface area contributed by atoms with Crippen molar-refractivity contribution in [1.82, 2.24) is 0 Å². The summed E-state index contributed by atoms with van der Waals surface area (Å²) in [5.41, 5.74) is 6.62. The Morgan fingerprint density at radius 1 is 1.13 bits per heavy atom. The van der Waals surface area contributed by atoms with Crippen molar-refractivity contribution in [3.8, 4) is 0 Å². The number of rotatable bonds is 5. The van der Waals surface area contributed by atoms with Gasteiger partial charge in [-0.15, -0.1) is 0 Å². The van der Waals surface area contributed by atoms with Crippen LogP contribution in [-0.4, -0.2) is 30.1 Å². The second-order valence-corrected chi connectivity index (χ2v) is 5.99. The second kappa shape index (κ2) is 5.39. The van der Waals surface area contributed by atoms with Crippen LogP contribution >= 0.6 is 0 Å². The summed E-state index contributed by atoms with van der Waals surface area (Å²) in [5, 5.41) is 0.929. The molecule has 1 aromatic rings. The zero-order valence-electron chi connectivity index (χ0n) is 9.32. The Balaban J connectivity index is 3.10. The third-order valence-corrected chi connectivity index (χ3v) is 4.95. The fraction of sp³-hybridized carbons (Fsp3) is 0.400. The topological polar surface area (TPSA) is 53.7 Å². The van der Waals surface area contributed by atoms with Crippen LogP contribution in [0.2, 0.25) is 0 Å². The Bertz CT molecular complexity index is 307. The lowest BCUT2D eigenvalue weighted by atomic mass is 10.2. The van der Waals surface area contributed by atoms with Gasteiger partial charge in [-0.2, -0.15) is 0 Å². The van der Waals surface area contributed by atoms with Gasteiger partial charge in [0.05, 0.1) is 0 Å². The van der Waals surface area contributed by atoms with Gasteiger partial charge in [0.15, 0.2) is 0 Å². The summed E-state index contributed by atoms with van der Waals surface area (Å²) >= 11 is 0. The molecule has 0 aliphatic rings. The Labute approximate surface area is 91.3 Å². The first-order chi connectivity index (χ1) is 7.22. The molecule has 0 saturated heterocycles. The Hall–Kier alpha value is -0.723. The van der Waals surface area contributed by atoms with Gasteiger partial charge in [-0.3, -0.25) is 0 Å². The minimum atomic E-state index is -2.70. The van der Waals surface area contributed by atoms with Gasteiger partial charge in [0.1, 0.15) is 0 Å². The molecule has 0 aliphatic carbocycles. The van der Waals surface area contributed by atoms with E-state index >= 15 is 0 Å². The molecule has 0 atom stereocenters. The Morgan fingerprint density at radius 2 is 1.73 bits per heavy atom. The normalized spacial score (nSPS) is 11.7. The van der Waals surface area contributed by atoms with Crippen molar-refractivity contribution in [3.05, 3.63) is 29.8 Å². The smallest absolute Gasteiger partial charge is 0.373 e. The maximum absolute atomic E-state index is 5.58. The highest BCUT2D eigenvalue weighted by Crippen LogP contribution is 2.08. The van der Waals surface area contributed by atoms with Crippen LogP contribution in [0.25, 0.3) is 0 Å². The molecule has 0 amide bonds. The lowest BCUT2D eigenvalue weighted by Gasteiger charge is -2.24. The van der Waals surface area contributed by atoms with Crippen molar-refractivity contribution in [1.29, 1.82) is 0 Å². The van der Waals surface area contributed by atoms with Gasteiger partial charge in [0.2, 0.25) is 0 Å². The minimum Gasteiger partial charge on any atom is -0.373 e. The maximum atomic E-state index is 5.58. The zero-order chi connectivity index (χ0) is 11.3. The van der Waals surface area contributed by atoms with Gasteiger partial charge in [-0.25, -0.2) is 0 Å². The molecule has 0 bridgehead atoms. The summed E-state index contributed by atoms with van der Waals surface area (Å²) < 4.78 is 16.1. The molecule has 2 N–H and O–H groups in total. The fourth-order valence-corrected chi connectivity index (χ4v) is 3.36. The van der Waals surface area contributed by atoms with Crippen LogP contribution < -0.4 is 10.9 Å². The maximum Gasteiger partial charge on any atom is 0.536 e. The number of hydrogen-bond donors (Lipinski definition) is 1. The predicted octanol–water partition coefficient (Wildman–Crippen LogP) is 0.230. The molecule has 0 spiro atoms. The molecule has 0 radical (unpaired) electrons. The van der Waals surface area contributed by atoms with Crippen molar-refractivity contribution < 1.29 is 13.3 Å². The van der Waals surface area contributed by atoms with Crippen molar-refractivity contribution >= 4 is 14.0 Å². The molecule has 0 unspecified atom stereocenters. The summed E-state index contributed by atoms with van der Waals surface area (Å²) in [6.07, 6.45) is 0. The molecule has 0 heterocycles. The third-order valence-electron chi connectivity index (χ3n) is 2.32. The Kier molecular flexibility index (Phi) is 4.43. The first-order valence-corrected chi connectivity index (χ1v) is 6.40. The molecular weight excluding hydrogens is 210 g/mol. The lowest BCUT2D eigenvalue weighted by molar-refractivity contribution is 0.140. The van der Waals surface area contributed by atoms with E-state index in [0.717, 1.165) is 10.8 Å². The highest BCUT2D eigenvalue weighted by molar-refractivity contribution is 6.75. The molecule has 0 aromatic heterocycles. The van der Waals surface area contributed by atoms with Gasteiger partial charge in [0.25, 0.3) is 0 Å². The van der Waals surface area contributed by atoms with E-state index in [-0.39, 0.29) is 0 Å². The second-order valence-electron chi connectivity index (χ2n) is 3.07. The van der Waals surface area contributed by atoms with Crippen molar-refractivity contribution in [3.63, 3.8) is 0 Å². The number of benzene rings is 1. The van der Waals surface area contributed by atoms with Crippen LogP contribution in [-0.2, 0) is 19.8 Å². The summed E-state index contributed by atoms with van der Waals surface area (Å²) in [4.78, 5) is 0. The van der Waals surface area contributed by atoms with E-state index in [1.54, 1.807) is 21.3 Å². The standard InChI is InChI=1S/C10H17NO3Si/c1-12-15(13-2,14-3)10-6-4-5-9(7-10)8-11/h4-7H,8,11H2,1-3H3. The molecule has 5 heteroatoms. The minimum absolute atomic E-state index is 0.495. The Morgan fingerprint density at radius 3 is 2.20 bits per heavy atom. The van der Waals surface area contributed by atoms with Crippen LogP contribution in [0.4, 0.5) is 0 Å². The van der Waals surface area contributed by atoms with E-state index in [1.165, 1.54) is 0 Å². The molecule has 0 fully saturated rings. The number of hydrogen-bond acceptors (Lipinski definition) is 4. The molecule has 84 valence electrons. The van der Waals surface area contributed by atoms with Crippen molar-refractivity contribution in [2.45, 2.75) is 6.54 Å². The van der Waals surface area contributed by atoms with E-state index in [1.807, 2.05) is 24.3 Å². The van der Waals surface area contributed by atoms with E-state index in [9.17, 15) is 0 Å². The van der Waals surface area contributed by atoms with Gasteiger partial charge in [0, 0.05) is 33.1 Å². The largest absolute Gasteiger partial charge is 0.536 e. The quantitative estimate of drug-likeness (QED) is 0.732. The molecule has 0 aliphatic heterocycles. The third kappa shape index (κ3) is 2.45. The summed E-state index contributed by atoms with van der Waals surface area (Å²) in [6, 6.07) is 7.78. The SMILES string of the molecule is CO[Si](OC)(OC)c1cccc(CN)c1. The fourth-order valence-electron chi connectivity index (χ4n) is 1.49. The highest BCUT2D eigenvalue weighted by Gasteiger charge is 2.40. The van der Waals surface area contributed by atoms with Gasteiger partial charge in [-0.1, -0.05) is 24.3 Å². The molecule has 0 saturated carbocycles. The van der Waals surface area contributed by atoms with E-state index in [0.29, 0.717) is 6.54 Å². The van der Waals surface area contributed by atoms with Crippen LogP contribution in [0.3, 0.4) is 0 Å². The van der Waals surface area contributed by atoms with E-state index < -0.39 is 8.80 Å². The van der Waals surface area contributed by atoms with Crippen LogP contribution in [0.5, 0.6) is 0 Å². The van der Waals surface area contributed by atoms with Gasteiger partial charge < -0.3 is 19.0 Å². The predicted molar refractivity (Wildman–Crippen MR) is 60.7 cm³/mol. The summed E-state index contributed by atoms with van der Waals surface area (Å²) in [5.74, 6) is 0. The van der Waals surface area contributed by atoms with Gasteiger partial charge >= 0.3 is 8.80 Å². The van der Waals surface area contributed by atoms with Crippen LogP contribution in [0, 0.1) is 0 Å². The lowest BCUT2D eigenvalue weighted by Crippen LogP contribution is -2.54. The molecule has 1 rings (SSSR count).